The normalized spacial score (nSPS) is 10.2. The summed E-state index contributed by atoms with van der Waals surface area (Å²) in [5, 5.41) is 26.6. The largest absolute Gasteiger partial charge is 0.478 e. The molecule has 0 spiro atoms. The summed E-state index contributed by atoms with van der Waals surface area (Å²) in [4.78, 5) is 22.0. The average Bonchev–Trinajstić information content (AvgIpc) is 2.28. The van der Waals surface area contributed by atoms with Crippen molar-refractivity contribution >= 4 is 11.9 Å². The first-order valence-corrected chi connectivity index (χ1v) is 5.27. The summed E-state index contributed by atoms with van der Waals surface area (Å²) in [6, 6.07) is 4.42. The number of carboxylic acids is 2. The van der Waals surface area contributed by atoms with E-state index in [1.54, 1.807) is 6.07 Å². The Kier molecular flexibility index (Phi) is 4.66. The maximum atomic E-state index is 11.1. The van der Waals surface area contributed by atoms with Gasteiger partial charge < -0.3 is 15.3 Å². The molecule has 0 aliphatic carbocycles. The maximum Gasteiger partial charge on any atom is 0.336 e. The third-order valence-electron chi connectivity index (χ3n) is 2.45. The number of hydrogen-bond donors (Lipinski definition) is 3. The van der Waals surface area contributed by atoms with Crippen LogP contribution in [0.15, 0.2) is 18.2 Å². The Labute approximate surface area is 98.3 Å². The van der Waals surface area contributed by atoms with Crippen molar-refractivity contribution in [3.63, 3.8) is 0 Å². The zero-order chi connectivity index (χ0) is 12.8. The highest BCUT2D eigenvalue weighted by Crippen LogP contribution is 2.17. The molecule has 92 valence electrons. The minimum absolute atomic E-state index is 0.0427. The molecule has 0 heterocycles. The predicted molar refractivity (Wildman–Crippen MR) is 60.4 cm³/mol. The number of aliphatic hydroxyl groups excluding tert-OH is 1. The molecule has 0 aliphatic heterocycles. The SMILES string of the molecule is O=C(O)c1cccc(CCCCO)c1C(=O)O. The van der Waals surface area contributed by atoms with E-state index in [0.717, 1.165) is 0 Å². The predicted octanol–water partition coefficient (Wildman–Crippen LogP) is 1.40. The van der Waals surface area contributed by atoms with Crippen molar-refractivity contribution in [2.24, 2.45) is 0 Å². The van der Waals surface area contributed by atoms with Crippen molar-refractivity contribution in [2.75, 3.05) is 6.61 Å². The van der Waals surface area contributed by atoms with Crippen LogP contribution in [0.3, 0.4) is 0 Å². The lowest BCUT2D eigenvalue weighted by atomic mass is 9.97. The molecule has 1 aromatic rings. The minimum atomic E-state index is -1.24. The molecule has 0 saturated carbocycles. The van der Waals surface area contributed by atoms with Gasteiger partial charge in [-0.05, 0) is 30.9 Å². The lowest BCUT2D eigenvalue weighted by Gasteiger charge is -2.08. The van der Waals surface area contributed by atoms with E-state index in [4.69, 9.17) is 15.3 Å². The molecule has 0 amide bonds. The molecule has 5 heteroatoms. The first-order valence-electron chi connectivity index (χ1n) is 5.27. The molecule has 1 rings (SSSR count). The number of hydrogen-bond acceptors (Lipinski definition) is 3. The van der Waals surface area contributed by atoms with Crippen LogP contribution in [-0.4, -0.2) is 33.9 Å². The van der Waals surface area contributed by atoms with Crippen molar-refractivity contribution in [2.45, 2.75) is 19.3 Å². The highest BCUT2D eigenvalue weighted by molar-refractivity contribution is 6.02. The number of aryl methyl sites for hydroxylation is 1. The third-order valence-corrected chi connectivity index (χ3v) is 2.45. The van der Waals surface area contributed by atoms with E-state index in [1.165, 1.54) is 12.1 Å². The van der Waals surface area contributed by atoms with Crippen LogP contribution in [-0.2, 0) is 6.42 Å². The summed E-state index contributed by atoms with van der Waals surface area (Å²) in [5.41, 5.74) is 0.141. The van der Waals surface area contributed by atoms with E-state index in [1.807, 2.05) is 0 Å². The van der Waals surface area contributed by atoms with Crippen LogP contribution in [0.25, 0.3) is 0 Å². The van der Waals surface area contributed by atoms with Gasteiger partial charge in [-0.2, -0.15) is 0 Å². The molecule has 0 aliphatic rings. The topological polar surface area (TPSA) is 94.8 Å². The zero-order valence-corrected chi connectivity index (χ0v) is 9.22. The molecule has 0 bridgehead atoms. The first-order chi connectivity index (χ1) is 8.07. The van der Waals surface area contributed by atoms with Gasteiger partial charge in [-0.15, -0.1) is 0 Å². The first kappa shape index (κ1) is 13.2. The van der Waals surface area contributed by atoms with Gasteiger partial charge >= 0.3 is 11.9 Å². The van der Waals surface area contributed by atoms with Crippen molar-refractivity contribution in [3.05, 3.63) is 34.9 Å². The summed E-state index contributed by atoms with van der Waals surface area (Å²) in [5.74, 6) is -2.48. The molecule has 17 heavy (non-hydrogen) atoms. The van der Waals surface area contributed by atoms with Crippen molar-refractivity contribution in [1.82, 2.24) is 0 Å². The quantitative estimate of drug-likeness (QED) is 0.651. The lowest BCUT2D eigenvalue weighted by molar-refractivity contribution is 0.0650. The standard InChI is InChI=1S/C12H14O5/c13-7-2-1-4-8-5-3-6-9(11(14)15)10(8)12(16)17/h3,5-6,13H,1-2,4,7H2,(H,14,15)(H,16,17). The molecule has 0 unspecified atom stereocenters. The van der Waals surface area contributed by atoms with E-state index >= 15 is 0 Å². The Morgan fingerprint density at radius 2 is 1.76 bits per heavy atom. The molecule has 0 saturated heterocycles. The number of unbranched alkanes of at least 4 members (excludes halogenated alkanes) is 1. The van der Waals surface area contributed by atoms with Gasteiger partial charge in [-0.3, -0.25) is 0 Å². The van der Waals surface area contributed by atoms with Crippen LogP contribution in [0, 0.1) is 0 Å². The monoisotopic (exact) mass is 238 g/mol. The van der Waals surface area contributed by atoms with E-state index in [-0.39, 0.29) is 17.7 Å². The van der Waals surface area contributed by atoms with Crippen LogP contribution in [0.1, 0.15) is 39.1 Å². The van der Waals surface area contributed by atoms with Crippen molar-refractivity contribution in [1.29, 1.82) is 0 Å². The molecule has 0 aromatic heterocycles. The Hall–Kier alpha value is -1.88. The zero-order valence-electron chi connectivity index (χ0n) is 9.22. The van der Waals surface area contributed by atoms with Crippen LogP contribution in [0.2, 0.25) is 0 Å². The van der Waals surface area contributed by atoms with Gasteiger partial charge in [0.2, 0.25) is 0 Å². The fourth-order valence-corrected chi connectivity index (χ4v) is 1.67. The maximum absolute atomic E-state index is 11.1. The Balaban J connectivity index is 3.07. The smallest absolute Gasteiger partial charge is 0.336 e. The Morgan fingerprint density at radius 3 is 2.29 bits per heavy atom. The van der Waals surface area contributed by atoms with Gasteiger partial charge in [0.25, 0.3) is 0 Å². The summed E-state index contributed by atoms with van der Waals surface area (Å²) >= 11 is 0. The Morgan fingerprint density at radius 1 is 1.06 bits per heavy atom. The van der Waals surface area contributed by atoms with Crippen LogP contribution < -0.4 is 0 Å². The summed E-state index contributed by atoms with van der Waals surface area (Å²) in [6.07, 6.45) is 1.64. The minimum Gasteiger partial charge on any atom is -0.478 e. The highest BCUT2D eigenvalue weighted by atomic mass is 16.4. The molecule has 0 atom stereocenters. The van der Waals surface area contributed by atoms with Gasteiger partial charge in [0.05, 0.1) is 11.1 Å². The second-order valence-corrected chi connectivity index (χ2v) is 3.63. The van der Waals surface area contributed by atoms with Crippen LogP contribution >= 0.6 is 0 Å². The van der Waals surface area contributed by atoms with Gasteiger partial charge in [0, 0.05) is 6.61 Å². The molecule has 3 N–H and O–H groups in total. The molecular formula is C12H14O5. The fourth-order valence-electron chi connectivity index (χ4n) is 1.67. The van der Waals surface area contributed by atoms with E-state index in [2.05, 4.69) is 0 Å². The molecule has 0 fully saturated rings. The number of aromatic carboxylic acids is 2. The van der Waals surface area contributed by atoms with Crippen LogP contribution in [0.5, 0.6) is 0 Å². The highest BCUT2D eigenvalue weighted by Gasteiger charge is 2.19. The summed E-state index contributed by atoms with van der Waals surface area (Å²) in [6.45, 7) is 0.0427. The summed E-state index contributed by atoms with van der Waals surface area (Å²) in [7, 11) is 0. The molecule has 0 radical (unpaired) electrons. The van der Waals surface area contributed by atoms with Gasteiger partial charge in [0.15, 0.2) is 0 Å². The van der Waals surface area contributed by atoms with Gasteiger partial charge in [0.1, 0.15) is 0 Å². The average molecular weight is 238 g/mol. The second-order valence-electron chi connectivity index (χ2n) is 3.63. The summed E-state index contributed by atoms with van der Waals surface area (Å²) < 4.78 is 0. The van der Waals surface area contributed by atoms with Crippen LogP contribution in [0.4, 0.5) is 0 Å². The Bertz CT molecular complexity index is 425. The number of aliphatic hydroxyl groups is 1. The van der Waals surface area contributed by atoms with E-state index < -0.39 is 11.9 Å². The number of rotatable bonds is 6. The number of carbonyl (C=O) groups is 2. The molecule has 1 aromatic carbocycles. The number of carboxylic acid groups (broad SMARTS) is 2. The lowest BCUT2D eigenvalue weighted by Crippen LogP contribution is -2.11. The molecule has 5 nitrogen and oxygen atoms in total. The van der Waals surface area contributed by atoms with E-state index in [9.17, 15) is 9.59 Å². The second kappa shape index (κ2) is 6.00. The van der Waals surface area contributed by atoms with Crippen molar-refractivity contribution in [3.8, 4) is 0 Å². The van der Waals surface area contributed by atoms with Crippen molar-refractivity contribution < 1.29 is 24.9 Å². The van der Waals surface area contributed by atoms with E-state index in [0.29, 0.717) is 24.8 Å². The third kappa shape index (κ3) is 3.29. The fraction of sp³-hybridized carbons (Fsp3) is 0.333. The van der Waals surface area contributed by atoms with Gasteiger partial charge in [-0.25, -0.2) is 9.59 Å². The van der Waals surface area contributed by atoms with Gasteiger partial charge in [-0.1, -0.05) is 12.1 Å². The molecular weight excluding hydrogens is 224 g/mol. The number of benzene rings is 1.